The molecule has 0 radical (unpaired) electrons. The van der Waals surface area contributed by atoms with Gasteiger partial charge in [0.25, 0.3) is 0 Å². The van der Waals surface area contributed by atoms with Gasteiger partial charge in [-0.3, -0.25) is 0 Å². The zero-order valence-electron chi connectivity index (χ0n) is 12.0. The first kappa shape index (κ1) is 14.9. The minimum absolute atomic E-state index is 0.490. The number of rotatable bonds is 6. The van der Waals surface area contributed by atoms with Gasteiger partial charge < -0.3 is 5.32 Å². The third-order valence-electron chi connectivity index (χ3n) is 4.23. The molecular formula is C17H26ClN. The first-order chi connectivity index (χ1) is 9.29. The van der Waals surface area contributed by atoms with Gasteiger partial charge in [-0.05, 0) is 49.4 Å². The summed E-state index contributed by atoms with van der Waals surface area (Å²) < 4.78 is 0. The third kappa shape index (κ3) is 4.81. The van der Waals surface area contributed by atoms with Crippen molar-refractivity contribution in [2.45, 2.75) is 57.9 Å². The molecule has 0 aliphatic heterocycles. The molecule has 1 nitrogen and oxygen atoms in total. The van der Waals surface area contributed by atoms with Crippen molar-refractivity contribution in [3.05, 3.63) is 34.9 Å². The molecule has 1 aromatic carbocycles. The van der Waals surface area contributed by atoms with Crippen molar-refractivity contribution in [2.75, 3.05) is 6.54 Å². The second kappa shape index (κ2) is 7.91. The molecule has 19 heavy (non-hydrogen) atoms. The zero-order chi connectivity index (χ0) is 13.5. The van der Waals surface area contributed by atoms with Crippen molar-refractivity contribution in [1.82, 2.24) is 5.32 Å². The first-order valence-corrected chi connectivity index (χ1v) is 8.16. The van der Waals surface area contributed by atoms with E-state index in [4.69, 9.17) is 11.6 Å². The van der Waals surface area contributed by atoms with Crippen LogP contribution >= 0.6 is 11.6 Å². The molecule has 1 fully saturated rings. The minimum atomic E-state index is 0.490. The summed E-state index contributed by atoms with van der Waals surface area (Å²) in [6, 6.07) is 8.82. The van der Waals surface area contributed by atoms with E-state index in [9.17, 15) is 0 Å². The molecule has 1 N–H and O–H groups in total. The van der Waals surface area contributed by atoms with Crippen LogP contribution in [0.15, 0.2) is 24.3 Å². The molecule has 0 spiro atoms. The number of nitrogens with one attached hydrogen (secondary N) is 1. The summed E-state index contributed by atoms with van der Waals surface area (Å²) in [6.07, 6.45) is 9.52. The van der Waals surface area contributed by atoms with Crippen molar-refractivity contribution >= 4 is 11.6 Å². The molecule has 2 rings (SSSR count). The van der Waals surface area contributed by atoms with E-state index in [1.54, 1.807) is 0 Å². The van der Waals surface area contributed by atoms with E-state index in [1.807, 2.05) is 12.1 Å². The first-order valence-electron chi connectivity index (χ1n) is 7.78. The van der Waals surface area contributed by atoms with E-state index in [2.05, 4.69) is 24.4 Å². The molecular weight excluding hydrogens is 254 g/mol. The molecule has 1 atom stereocenters. The van der Waals surface area contributed by atoms with Crippen LogP contribution in [0.25, 0.3) is 0 Å². The Hall–Kier alpha value is -0.530. The van der Waals surface area contributed by atoms with E-state index in [-0.39, 0.29) is 0 Å². The Morgan fingerprint density at radius 2 is 1.84 bits per heavy atom. The van der Waals surface area contributed by atoms with Crippen molar-refractivity contribution < 1.29 is 0 Å². The molecule has 1 aromatic rings. The van der Waals surface area contributed by atoms with Gasteiger partial charge in [-0.1, -0.05) is 56.3 Å². The lowest BCUT2D eigenvalue weighted by Gasteiger charge is -2.26. The van der Waals surface area contributed by atoms with E-state index in [1.165, 1.54) is 57.1 Å². The highest BCUT2D eigenvalue weighted by atomic mass is 35.5. The van der Waals surface area contributed by atoms with Crippen LogP contribution in [0, 0.1) is 5.92 Å². The van der Waals surface area contributed by atoms with E-state index < -0.39 is 0 Å². The van der Waals surface area contributed by atoms with Gasteiger partial charge in [-0.15, -0.1) is 0 Å². The molecule has 0 saturated heterocycles. The van der Waals surface area contributed by atoms with E-state index in [0.29, 0.717) is 6.04 Å². The van der Waals surface area contributed by atoms with Gasteiger partial charge in [0.05, 0.1) is 0 Å². The Kier molecular flexibility index (Phi) is 6.19. The van der Waals surface area contributed by atoms with Crippen LogP contribution in [0.3, 0.4) is 0 Å². The highest BCUT2D eigenvalue weighted by Gasteiger charge is 2.16. The lowest BCUT2D eigenvalue weighted by atomic mass is 9.89. The van der Waals surface area contributed by atoms with Crippen LogP contribution in [-0.4, -0.2) is 6.54 Å². The number of hydrogen-bond donors (Lipinski definition) is 1. The van der Waals surface area contributed by atoms with Crippen LogP contribution in [0.1, 0.15) is 63.5 Å². The molecule has 0 amide bonds. The topological polar surface area (TPSA) is 12.0 Å². The maximum Gasteiger partial charge on any atom is 0.0406 e. The van der Waals surface area contributed by atoms with Crippen molar-refractivity contribution in [2.24, 2.45) is 5.92 Å². The summed E-state index contributed by atoms with van der Waals surface area (Å²) in [7, 11) is 0. The molecule has 0 heterocycles. The average molecular weight is 280 g/mol. The average Bonchev–Trinajstić information content (AvgIpc) is 2.46. The maximum atomic E-state index is 5.97. The van der Waals surface area contributed by atoms with Crippen LogP contribution in [-0.2, 0) is 0 Å². The van der Waals surface area contributed by atoms with E-state index in [0.717, 1.165) is 10.9 Å². The van der Waals surface area contributed by atoms with Crippen LogP contribution in [0.5, 0.6) is 0 Å². The smallest absolute Gasteiger partial charge is 0.0406 e. The second-order valence-electron chi connectivity index (χ2n) is 5.81. The van der Waals surface area contributed by atoms with Crippen LogP contribution < -0.4 is 5.32 Å². The van der Waals surface area contributed by atoms with Gasteiger partial charge in [0.2, 0.25) is 0 Å². The standard InChI is InChI=1S/C17H26ClN/c1-2-6-17(15-9-11-16(18)12-10-15)19-13-14-7-4-3-5-8-14/h9-12,14,17,19H,2-8,13H2,1H3. The highest BCUT2D eigenvalue weighted by Crippen LogP contribution is 2.25. The van der Waals surface area contributed by atoms with Gasteiger partial charge in [0.15, 0.2) is 0 Å². The van der Waals surface area contributed by atoms with Gasteiger partial charge in [0, 0.05) is 11.1 Å². The van der Waals surface area contributed by atoms with Crippen molar-refractivity contribution in [3.8, 4) is 0 Å². The second-order valence-corrected chi connectivity index (χ2v) is 6.24. The molecule has 2 heteroatoms. The predicted octanol–water partition coefficient (Wildman–Crippen LogP) is 5.35. The molecule has 106 valence electrons. The zero-order valence-corrected chi connectivity index (χ0v) is 12.8. The molecule has 1 aliphatic carbocycles. The predicted molar refractivity (Wildman–Crippen MR) is 83.7 cm³/mol. The summed E-state index contributed by atoms with van der Waals surface area (Å²) >= 11 is 5.97. The SMILES string of the molecule is CCCC(NCC1CCCCC1)c1ccc(Cl)cc1. The summed E-state index contributed by atoms with van der Waals surface area (Å²) in [4.78, 5) is 0. The Morgan fingerprint density at radius 3 is 2.47 bits per heavy atom. The Labute approximate surface area is 122 Å². The third-order valence-corrected chi connectivity index (χ3v) is 4.48. The number of hydrogen-bond acceptors (Lipinski definition) is 1. The molecule has 1 saturated carbocycles. The van der Waals surface area contributed by atoms with E-state index >= 15 is 0 Å². The Morgan fingerprint density at radius 1 is 1.16 bits per heavy atom. The monoisotopic (exact) mass is 279 g/mol. The summed E-state index contributed by atoms with van der Waals surface area (Å²) in [6.45, 7) is 3.43. The van der Waals surface area contributed by atoms with Crippen molar-refractivity contribution in [1.29, 1.82) is 0 Å². The van der Waals surface area contributed by atoms with Crippen molar-refractivity contribution in [3.63, 3.8) is 0 Å². The normalized spacial score (nSPS) is 18.4. The van der Waals surface area contributed by atoms with Gasteiger partial charge in [-0.25, -0.2) is 0 Å². The molecule has 1 aliphatic rings. The lowest BCUT2D eigenvalue weighted by molar-refractivity contribution is 0.323. The fourth-order valence-electron chi connectivity index (χ4n) is 3.07. The van der Waals surface area contributed by atoms with Crippen LogP contribution in [0.2, 0.25) is 5.02 Å². The number of halogens is 1. The van der Waals surface area contributed by atoms with Gasteiger partial charge in [-0.2, -0.15) is 0 Å². The molecule has 0 aromatic heterocycles. The summed E-state index contributed by atoms with van der Waals surface area (Å²) in [5, 5.41) is 4.61. The summed E-state index contributed by atoms with van der Waals surface area (Å²) in [5.41, 5.74) is 1.38. The van der Waals surface area contributed by atoms with Gasteiger partial charge in [0.1, 0.15) is 0 Å². The van der Waals surface area contributed by atoms with Gasteiger partial charge >= 0.3 is 0 Å². The molecule has 1 unspecified atom stereocenters. The number of benzene rings is 1. The molecule has 0 bridgehead atoms. The quantitative estimate of drug-likeness (QED) is 0.740. The largest absolute Gasteiger partial charge is 0.310 e. The Bertz CT molecular complexity index is 354. The maximum absolute atomic E-state index is 5.97. The summed E-state index contributed by atoms with van der Waals surface area (Å²) in [5.74, 6) is 0.889. The fraction of sp³-hybridized carbons (Fsp3) is 0.647. The lowest BCUT2D eigenvalue weighted by Crippen LogP contribution is -2.28. The Balaban J connectivity index is 1.89. The van der Waals surface area contributed by atoms with Crippen LogP contribution in [0.4, 0.5) is 0 Å². The fourth-order valence-corrected chi connectivity index (χ4v) is 3.20. The minimum Gasteiger partial charge on any atom is -0.310 e. The highest BCUT2D eigenvalue weighted by molar-refractivity contribution is 6.30.